The third-order valence-electron chi connectivity index (χ3n) is 3.95. The molecule has 0 aromatic rings. The molecule has 0 aromatic heterocycles. The van der Waals surface area contributed by atoms with Gasteiger partial charge in [0.2, 0.25) is 0 Å². The molecular formula is C12H23NO. The highest BCUT2D eigenvalue weighted by Crippen LogP contribution is 2.31. The van der Waals surface area contributed by atoms with Crippen molar-refractivity contribution in [2.75, 3.05) is 20.3 Å². The fraction of sp³-hybridized carbons (Fsp3) is 1.00. The van der Waals surface area contributed by atoms with Crippen LogP contribution in [-0.2, 0) is 4.74 Å². The van der Waals surface area contributed by atoms with Crippen LogP contribution in [0.3, 0.4) is 0 Å². The lowest BCUT2D eigenvalue weighted by molar-refractivity contribution is 0.178. The maximum atomic E-state index is 5.44. The van der Waals surface area contributed by atoms with E-state index < -0.39 is 0 Å². The van der Waals surface area contributed by atoms with Crippen LogP contribution in [0.4, 0.5) is 0 Å². The Hall–Kier alpha value is -0.0800. The van der Waals surface area contributed by atoms with Crippen molar-refractivity contribution >= 4 is 0 Å². The van der Waals surface area contributed by atoms with E-state index in [-0.39, 0.29) is 0 Å². The zero-order valence-corrected chi connectivity index (χ0v) is 9.30. The van der Waals surface area contributed by atoms with Crippen LogP contribution in [0.2, 0.25) is 0 Å². The molecular weight excluding hydrogens is 174 g/mol. The number of ether oxygens (including phenoxy) is 1. The quantitative estimate of drug-likeness (QED) is 0.746. The fourth-order valence-corrected chi connectivity index (χ4v) is 3.03. The molecule has 1 N–H and O–H groups in total. The van der Waals surface area contributed by atoms with Crippen molar-refractivity contribution in [3.8, 4) is 0 Å². The van der Waals surface area contributed by atoms with E-state index >= 15 is 0 Å². The van der Waals surface area contributed by atoms with E-state index in [1.165, 1.54) is 38.5 Å². The van der Waals surface area contributed by atoms with Gasteiger partial charge in [0.15, 0.2) is 0 Å². The van der Waals surface area contributed by atoms with Gasteiger partial charge < -0.3 is 10.1 Å². The Kier molecular flexibility index (Phi) is 3.82. The van der Waals surface area contributed by atoms with Crippen LogP contribution < -0.4 is 5.32 Å². The zero-order chi connectivity index (χ0) is 9.80. The van der Waals surface area contributed by atoms with Gasteiger partial charge in [-0.15, -0.1) is 0 Å². The van der Waals surface area contributed by atoms with E-state index in [4.69, 9.17) is 4.74 Å². The first-order chi connectivity index (χ1) is 6.90. The van der Waals surface area contributed by atoms with Gasteiger partial charge in [0, 0.05) is 19.3 Å². The van der Waals surface area contributed by atoms with Crippen LogP contribution in [0.25, 0.3) is 0 Å². The topological polar surface area (TPSA) is 21.3 Å². The predicted octanol–water partition coefficient (Wildman–Crippen LogP) is 2.19. The van der Waals surface area contributed by atoms with Crippen molar-refractivity contribution in [1.29, 1.82) is 0 Å². The molecule has 0 radical (unpaired) electrons. The van der Waals surface area contributed by atoms with Crippen molar-refractivity contribution < 1.29 is 4.74 Å². The fourth-order valence-electron chi connectivity index (χ4n) is 3.03. The Balaban J connectivity index is 1.79. The molecule has 2 heteroatoms. The molecule has 0 bridgehead atoms. The average molecular weight is 197 g/mol. The number of nitrogens with one attached hydrogen (secondary N) is 1. The minimum absolute atomic E-state index is 0.754. The Bertz CT molecular complexity index is 160. The smallest absolute Gasteiger partial charge is 0.0495 e. The summed E-state index contributed by atoms with van der Waals surface area (Å²) in [6, 6.07) is 0.754. The lowest BCUT2D eigenvalue weighted by atomic mass is 9.89. The van der Waals surface area contributed by atoms with Crippen LogP contribution in [0.5, 0.6) is 0 Å². The highest BCUT2D eigenvalue weighted by Gasteiger charge is 2.27. The number of hydrogen-bond acceptors (Lipinski definition) is 2. The maximum absolute atomic E-state index is 5.44. The molecule has 82 valence electrons. The molecule has 2 aliphatic rings. The first-order valence-corrected chi connectivity index (χ1v) is 6.15. The van der Waals surface area contributed by atoms with Crippen molar-refractivity contribution in [2.45, 2.75) is 44.6 Å². The summed E-state index contributed by atoms with van der Waals surface area (Å²) >= 11 is 0. The monoisotopic (exact) mass is 197 g/mol. The van der Waals surface area contributed by atoms with Crippen LogP contribution in [0.15, 0.2) is 0 Å². The second-order valence-electron chi connectivity index (χ2n) is 4.91. The molecule has 0 spiro atoms. The third kappa shape index (κ3) is 2.48. The standard InChI is InChI=1S/C12H23NO/c1-13-12(11-4-2-3-5-11)8-10-6-7-14-9-10/h10-13H,2-9H2,1H3. The van der Waals surface area contributed by atoms with Gasteiger partial charge in [0.1, 0.15) is 0 Å². The molecule has 1 heterocycles. The lowest BCUT2D eigenvalue weighted by Crippen LogP contribution is -2.34. The number of rotatable bonds is 4. The lowest BCUT2D eigenvalue weighted by Gasteiger charge is -2.25. The molecule has 2 nitrogen and oxygen atoms in total. The third-order valence-corrected chi connectivity index (χ3v) is 3.95. The van der Waals surface area contributed by atoms with Crippen molar-refractivity contribution in [1.82, 2.24) is 5.32 Å². The summed E-state index contributed by atoms with van der Waals surface area (Å²) in [7, 11) is 2.12. The predicted molar refractivity (Wildman–Crippen MR) is 58.3 cm³/mol. The van der Waals surface area contributed by atoms with Crippen molar-refractivity contribution in [3.63, 3.8) is 0 Å². The van der Waals surface area contributed by atoms with E-state index in [1.54, 1.807) is 0 Å². The summed E-state index contributed by atoms with van der Waals surface area (Å²) < 4.78 is 5.44. The second kappa shape index (κ2) is 5.13. The van der Waals surface area contributed by atoms with E-state index in [0.29, 0.717) is 0 Å². The summed E-state index contributed by atoms with van der Waals surface area (Å²) in [6.07, 6.45) is 8.40. The molecule has 1 saturated carbocycles. The van der Waals surface area contributed by atoms with Gasteiger partial charge in [-0.3, -0.25) is 0 Å². The summed E-state index contributed by atoms with van der Waals surface area (Å²) in [5.41, 5.74) is 0. The van der Waals surface area contributed by atoms with E-state index in [1.807, 2.05) is 0 Å². The van der Waals surface area contributed by atoms with Gasteiger partial charge in [0.05, 0.1) is 0 Å². The number of hydrogen-bond donors (Lipinski definition) is 1. The Morgan fingerprint density at radius 3 is 2.64 bits per heavy atom. The first kappa shape index (κ1) is 10.4. The van der Waals surface area contributed by atoms with Crippen LogP contribution >= 0.6 is 0 Å². The van der Waals surface area contributed by atoms with Gasteiger partial charge in [-0.25, -0.2) is 0 Å². The van der Waals surface area contributed by atoms with Gasteiger partial charge in [-0.05, 0) is 44.6 Å². The molecule has 14 heavy (non-hydrogen) atoms. The molecule has 1 aliphatic heterocycles. The molecule has 1 aliphatic carbocycles. The van der Waals surface area contributed by atoms with Gasteiger partial charge >= 0.3 is 0 Å². The summed E-state index contributed by atoms with van der Waals surface area (Å²) in [6.45, 7) is 2.00. The summed E-state index contributed by atoms with van der Waals surface area (Å²) in [4.78, 5) is 0. The first-order valence-electron chi connectivity index (χ1n) is 6.15. The molecule has 2 rings (SSSR count). The highest BCUT2D eigenvalue weighted by atomic mass is 16.5. The Labute approximate surface area is 87.4 Å². The van der Waals surface area contributed by atoms with Gasteiger partial charge in [-0.1, -0.05) is 12.8 Å². The Morgan fingerprint density at radius 1 is 1.29 bits per heavy atom. The molecule has 0 amide bonds. The zero-order valence-electron chi connectivity index (χ0n) is 9.30. The SMILES string of the molecule is CNC(CC1CCOC1)C1CCCC1. The molecule has 1 saturated heterocycles. The minimum atomic E-state index is 0.754. The van der Waals surface area contributed by atoms with Crippen LogP contribution in [0.1, 0.15) is 38.5 Å². The summed E-state index contributed by atoms with van der Waals surface area (Å²) in [5.74, 6) is 1.77. The van der Waals surface area contributed by atoms with E-state index in [0.717, 1.165) is 31.1 Å². The average Bonchev–Trinajstić information content (AvgIpc) is 2.86. The van der Waals surface area contributed by atoms with Crippen LogP contribution in [-0.4, -0.2) is 26.3 Å². The van der Waals surface area contributed by atoms with Gasteiger partial charge in [-0.2, -0.15) is 0 Å². The molecule has 2 atom stereocenters. The second-order valence-corrected chi connectivity index (χ2v) is 4.91. The summed E-state index contributed by atoms with van der Waals surface area (Å²) in [5, 5.41) is 3.52. The van der Waals surface area contributed by atoms with Gasteiger partial charge in [0.25, 0.3) is 0 Å². The van der Waals surface area contributed by atoms with E-state index in [2.05, 4.69) is 12.4 Å². The van der Waals surface area contributed by atoms with Crippen LogP contribution in [0, 0.1) is 11.8 Å². The molecule has 2 unspecified atom stereocenters. The molecule has 0 aromatic carbocycles. The highest BCUT2D eigenvalue weighted by molar-refractivity contribution is 4.82. The maximum Gasteiger partial charge on any atom is 0.0495 e. The normalized spacial score (nSPS) is 31.1. The van der Waals surface area contributed by atoms with E-state index in [9.17, 15) is 0 Å². The van der Waals surface area contributed by atoms with Crippen molar-refractivity contribution in [3.05, 3.63) is 0 Å². The van der Waals surface area contributed by atoms with Crippen molar-refractivity contribution in [2.24, 2.45) is 11.8 Å². The minimum Gasteiger partial charge on any atom is -0.381 e. The Morgan fingerprint density at radius 2 is 2.07 bits per heavy atom. The largest absolute Gasteiger partial charge is 0.381 e. The molecule has 2 fully saturated rings.